The number of nitrogens with zero attached hydrogens (tertiary/aromatic N) is 10. The Bertz CT molecular complexity index is 3600. The number of aryl methyl sites for hydroxylation is 1. The minimum absolute atomic E-state index is 0.0222. The summed E-state index contributed by atoms with van der Waals surface area (Å²) in [5, 5.41) is 34.9. The van der Waals surface area contributed by atoms with Gasteiger partial charge in [-0.1, -0.05) is 44.2 Å². The maximum atomic E-state index is 14.3. The molecule has 1 aromatic carbocycles. The molecule has 22 nitrogen and oxygen atoms in total. The lowest BCUT2D eigenvalue weighted by atomic mass is 9.90. The Balaban J connectivity index is 1.14. The van der Waals surface area contributed by atoms with E-state index in [0.717, 1.165) is 22.7 Å². The number of azide groups is 1. The molecule has 4 atom stereocenters. The number of rotatable bonds is 9. The van der Waals surface area contributed by atoms with Crippen molar-refractivity contribution in [3.8, 4) is 43.4 Å². The highest BCUT2D eigenvalue weighted by Gasteiger charge is 2.33. The van der Waals surface area contributed by atoms with Crippen LogP contribution in [0.2, 0.25) is 0 Å². The molecule has 9 rings (SSSR count). The van der Waals surface area contributed by atoms with Crippen LogP contribution in [0.1, 0.15) is 123 Å². The molecule has 0 fully saturated rings. The number of hydrogen-bond donors (Lipinski definition) is 5. The monoisotopic (exact) mass is 1150 g/mol. The first-order valence-electron chi connectivity index (χ1n) is 23.4. The zero-order chi connectivity index (χ0) is 54.5. The van der Waals surface area contributed by atoms with Gasteiger partial charge < -0.3 is 31.1 Å². The van der Waals surface area contributed by atoms with Crippen molar-refractivity contribution < 1.29 is 38.6 Å². The predicted molar refractivity (Wildman–Crippen MR) is 292 cm³/mol. The minimum atomic E-state index is -1.27. The van der Waals surface area contributed by atoms with E-state index >= 15 is 0 Å². The van der Waals surface area contributed by atoms with Crippen molar-refractivity contribution in [2.24, 2.45) is 11.0 Å². The summed E-state index contributed by atoms with van der Waals surface area (Å²) in [6.45, 7) is 5.15. The highest BCUT2D eigenvalue weighted by Crippen LogP contribution is 2.40. The number of ether oxygens (including phenoxy) is 1. The van der Waals surface area contributed by atoms with Crippen LogP contribution < -0.4 is 21.3 Å². The number of aliphatic hydroxyl groups excluding tert-OH is 1. The van der Waals surface area contributed by atoms with Crippen LogP contribution in [-0.2, 0) is 20.9 Å². The van der Waals surface area contributed by atoms with E-state index in [1.165, 1.54) is 64.9 Å². The van der Waals surface area contributed by atoms with Gasteiger partial charge in [-0.25, -0.2) is 34.9 Å². The van der Waals surface area contributed by atoms with Crippen LogP contribution in [0.4, 0.5) is 0 Å². The fourth-order valence-corrected chi connectivity index (χ4v) is 13.6. The number of aliphatic hydroxyl groups is 1. The Kier molecular flexibility index (Phi) is 16.9. The molecule has 5 N–H and O–H groups in total. The van der Waals surface area contributed by atoms with E-state index in [2.05, 4.69) is 36.3 Å². The van der Waals surface area contributed by atoms with Gasteiger partial charge >= 0.3 is 0 Å². The summed E-state index contributed by atoms with van der Waals surface area (Å²) >= 11 is 7.09. The number of nitrogens with one attached hydrogen (secondary N) is 4. The Hall–Kier alpha value is -7.40. The predicted octanol–water partition coefficient (Wildman–Crippen LogP) is 8.65. The molecule has 1 aliphatic rings. The highest BCUT2D eigenvalue weighted by molar-refractivity contribution is 7.15. The molecule has 7 aromatic heterocycles. The number of aromatic nitrogens is 7. The largest absolute Gasteiger partial charge is 0.386 e. The summed E-state index contributed by atoms with van der Waals surface area (Å²) in [6.07, 6.45) is -1.51. The van der Waals surface area contributed by atoms with Crippen LogP contribution >= 0.6 is 68.0 Å². The molecule has 5 amide bonds. The van der Waals surface area contributed by atoms with Crippen LogP contribution in [0.3, 0.4) is 0 Å². The number of carbonyl (C=O) groups is 6. The van der Waals surface area contributed by atoms with Gasteiger partial charge in [0, 0.05) is 63.4 Å². The summed E-state index contributed by atoms with van der Waals surface area (Å²) in [5.41, 5.74) is 11.5. The van der Waals surface area contributed by atoms with E-state index in [9.17, 15) is 33.9 Å². The maximum absolute atomic E-state index is 14.3. The first-order chi connectivity index (χ1) is 37.1. The fraction of sp³-hybridized carbons (Fsp3) is 0.286. The average Bonchev–Trinajstić information content (AvgIpc) is 4.33. The Morgan fingerprint density at radius 3 is 2.26 bits per heavy atom. The zero-order valence-corrected chi connectivity index (χ0v) is 46.2. The molecule has 28 heteroatoms. The molecule has 8 heterocycles. The first-order valence-corrected chi connectivity index (χ1v) is 28.5. The molecule has 0 aliphatic carbocycles. The van der Waals surface area contributed by atoms with E-state index in [4.69, 9.17) is 40.2 Å². The van der Waals surface area contributed by atoms with Crippen molar-refractivity contribution in [1.29, 1.82) is 0 Å². The standard InChI is InChI=1S/C49H44N14O8S6/c1-21(2)25-13-32(64)36-22(3)76-48(60-36)27(14-34(65)51-4)54-41(68)29-18-72-44(56-29)24-11-12-26(46-57-30(19-74-46)42(69)62-63-50)53-37(24)28-17-73-47(55-28)31-20-75-49(58-31)39(40(67)23-9-7-6-8-10-23)59-35(66)15-52-43(70)38-33(16-71-5)77-45(25)61-38/h6-12,17-21,25,27,39-40,67H,13-16H2,1-5H3,(H,51,65)(H,52,70)(H,54,68)(H,59,66). The van der Waals surface area contributed by atoms with Crippen LogP contribution in [0.15, 0.2) is 69.1 Å². The summed E-state index contributed by atoms with van der Waals surface area (Å²) in [4.78, 5) is 119. The molecular weight excluding hydrogens is 1110 g/mol. The third kappa shape index (κ3) is 12.1. The number of fused-ring (bicyclic) bond motifs is 14. The van der Waals surface area contributed by atoms with Gasteiger partial charge in [0.05, 0.1) is 41.2 Å². The van der Waals surface area contributed by atoms with Gasteiger partial charge in [-0.2, -0.15) is 0 Å². The van der Waals surface area contributed by atoms with E-state index in [1.54, 1.807) is 65.5 Å². The third-order valence-corrected chi connectivity index (χ3v) is 17.7. The molecule has 0 saturated carbocycles. The van der Waals surface area contributed by atoms with Gasteiger partial charge in [-0.05, 0) is 41.2 Å². The van der Waals surface area contributed by atoms with Crippen molar-refractivity contribution in [2.75, 3.05) is 20.7 Å². The van der Waals surface area contributed by atoms with Crippen LogP contribution in [0.25, 0.3) is 53.8 Å². The molecular formula is C49H44N14O8S6. The quantitative estimate of drug-likeness (QED) is 0.0513. The lowest BCUT2D eigenvalue weighted by molar-refractivity contribution is -0.122. The van der Waals surface area contributed by atoms with E-state index in [-0.39, 0.29) is 59.8 Å². The van der Waals surface area contributed by atoms with Crippen molar-refractivity contribution >= 4 is 103 Å². The van der Waals surface area contributed by atoms with Gasteiger partial charge in [0.25, 0.3) is 17.7 Å². The number of methoxy groups -OCH3 is 1. The molecule has 77 heavy (non-hydrogen) atoms. The number of benzene rings is 1. The Morgan fingerprint density at radius 1 is 0.792 bits per heavy atom. The van der Waals surface area contributed by atoms with Crippen LogP contribution in [0.5, 0.6) is 0 Å². The molecule has 0 spiro atoms. The topological polar surface area (TPSA) is 319 Å². The summed E-state index contributed by atoms with van der Waals surface area (Å²) in [7, 11) is 2.95. The number of thiazole rings is 6. The van der Waals surface area contributed by atoms with Crippen LogP contribution in [-0.4, -0.2) is 96.0 Å². The van der Waals surface area contributed by atoms with Crippen molar-refractivity contribution in [2.45, 2.75) is 64.3 Å². The second-order valence-corrected chi connectivity index (χ2v) is 23.3. The number of Topliss-reactive ketones (excluding diaryl/α,β-unsaturated/α-hetero) is 1. The van der Waals surface area contributed by atoms with E-state index in [1.807, 2.05) is 13.8 Å². The summed E-state index contributed by atoms with van der Waals surface area (Å²) < 4.78 is 5.45. The summed E-state index contributed by atoms with van der Waals surface area (Å²) in [6, 6.07) is 10.1. The van der Waals surface area contributed by atoms with E-state index in [0.29, 0.717) is 73.7 Å². The molecule has 0 radical (unpaired) electrons. The van der Waals surface area contributed by atoms with Gasteiger partial charge in [0.1, 0.15) is 77.0 Å². The Morgan fingerprint density at radius 2 is 1.51 bits per heavy atom. The molecule has 10 bridgehead atoms. The molecule has 8 aromatic rings. The van der Waals surface area contributed by atoms with Crippen molar-refractivity contribution in [1.82, 2.24) is 56.2 Å². The van der Waals surface area contributed by atoms with Gasteiger partial charge in [-0.15, -0.1) is 68.0 Å². The third-order valence-electron chi connectivity index (χ3n) is 12.0. The maximum Gasteiger partial charge on any atom is 0.271 e. The minimum Gasteiger partial charge on any atom is -0.386 e. The molecule has 394 valence electrons. The number of hydrogen-bond acceptors (Lipinski definition) is 21. The van der Waals surface area contributed by atoms with Crippen LogP contribution in [0, 0.1) is 12.8 Å². The molecule has 1 aliphatic heterocycles. The lowest BCUT2D eigenvalue weighted by Gasteiger charge is -2.23. The molecule has 4 unspecified atom stereocenters. The normalized spacial score (nSPS) is 16.7. The fourth-order valence-electron chi connectivity index (χ4n) is 8.03. The van der Waals surface area contributed by atoms with Gasteiger partial charge in [-0.3, -0.25) is 28.8 Å². The lowest BCUT2D eigenvalue weighted by Crippen LogP contribution is -2.40. The van der Waals surface area contributed by atoms with Gasteiger partial charge in [0.2, 0.25) is 11.8 Å². The highest BCUT2D eigenvalue weighted by atomic mass is 32.1. The first kappa shape index (κ1) is 54.4. The van der Waals surface area contributed by atoms with Crippen molar-refractivity contribution in [3.05, 3.63) is 128 Å². The molecule has 0 saturated heterocycles. The second-order valence-electron chi connectivity index (χ2n) is 17.5. The number of carbonyl (C=O) groups excluding carboxylic acids is 6. The SMILES string of the molecule is CNC(=O)CC1NC(=O)c2csc(n2)-c2ccc(-c3nc(C(=O)N=[N+]=[N-])cs3)nc2-c2csc(n2)-c2csc(n2)C(C(O)c2ccccc2)NC(=O)CNC(=O)c2nc(sc2COC)C(C(C)C)CC(=O)c2nc1sc2C. The number of pyridine rings is 1. The number of amides is 5. The smallest absolute Gasteiger partial charge is 0.271 e. The zero-order valence-electron chi connectivity index (χ0n) is 41.3. The Labute approximate surface area is 462 Å². The van der Waals surface area contributed by atoms with Gasteiger partial charge in [0.15, 0.2) is 5.78 Å². The summed E-state index contributed by atoms with van der Waals surface area (Å²) in [5.74, 6) is -4.07. The second kappa shape index (κ2) is 23.9. The number of ketones is 1. The average molecular weight is 1150 g/mol. The van der Waals surface area contributed by atoms with E-state index < -0.39 is 54.3 Å². The van der Waals surface area contributed by atoms with Crippen molar-refractivity contribution in [3.63, 3.8) is 0 Å².